The Labute approximate surface area is 164 Å². The van der Waals surface area contributed by atoms with Crippen LogP contribution in [0.4, 0.5) is 0 Å². The molecule has 2 atom stereocenters. The number of carboxylic acid groups (broad SMARTS) is 1. The quantitative estimate of drug-likeness (QED) is 0.174. The Morgan fingerprint density at radius 2 is 1.52 bits per heavy atom. The highest BCUT2D eigenvalue weighted by Gasteiger charge is 2.23. The molecule has 7 nitrogen and oxygen atoms in total. The summed E-state index contributed by atoms with van der Waals surface area (Å²) < 4.78 is 0. The predicted octanol–water partition coefficient (Wildman–Crippen LogP) is 3.17. The number of aliphatic carboxylic acids is 1. The van der Waals surface area contributed by atoms with Crippen LogP contribution in [0.3, 0.4) is 0 Å². The van der Waals surface area contributed by atoms with Crippen LogP contribution >= 0.6 is 0 Å². The maximum absolute atomic E-state index is 12.4. The molecular weight excluding hydrogens is 344 g/mol. The first-order valence-corrected chi connectivity index (χ1v) is 10.5. The summed E-state index contributed by atoms with van der Waals surface area (Å²) in [7, 11) is 0. The number of aliphatic imine (C=N–C) groups is 1. The van der Waals surface area contributed by atoms with Crippen LogP contribution in [0.15, 0.2) is 4.99 Å². The van der Waals surface area contributed by atoms with E-state index < -0.39 is 12.0 Å². The molecule has 0 bridgehead atoms. The molecule has 6 N–H and O–H groups in total. The Kier molecular flexibility index (Phi) is 15.3. The molecule has 0 fully saturated rings. The zero-order valence-corrected chi connectivity index (χ0v) is 17.2. The Morgan fingerprint density at radius 1 is 0.926 bits per heavy atom. The lowest BCUT2D eigenvalue weighted by molar-refractivity contribution is -0.142. The van der Waals surface area contributed by atoms with Gasteiger partial charge in [-0.1, -0.05) is 65.2 Å². The number of nitrogens with two attached hydrogens (primary N) is 2. The summed E-state index contributed by atoms with van der Waals surface area (Å²) in [5, 5.41) is 12.0. The predicted molar refractivity (Wildman–Crippen MR) is 110 cm³/mol. The molecule has 0 aromatic rings. The monoisotopic (exact) mass is 384 g/mol. The number of rotatable bonds is 17. The Balaban J connectivity index is 4.15. The second-order valence-electron chi connectivity index (χ2n) is 7.22. The van der Waals surface area contributed by atoms with Gasteiger partial charge in [-0.05, 0) is 25.7 Å². The van der Waals surface area contributed by atoms with Gasteiger partial charge >= 0.3 is 5.97 Å². The fourth-order valence-corrected chi connectivity index (χ4v) is 3.10. The second kappa shape index (κ2) is 16.4. The fourth-order valence-electron chi connectivity index (χ4n) is 3.10. The molecule has 1 amide bonds. The van der Waals surface area contributed by atoms with Crippen LogP contribution in [-0.2, 0) is 9.59 Å². The van der Waals surface area contributed by atoms with E-state index in [-0.39, 0.29) is 17.8 Å². The lowest BCUT2D eigenvalue weighted by atomic mass is 9.96. The van der Waals surface area contributed by atoms with Crippen molar-refractivity contribution >= 4 is 17.8 Å². The molecule has 0 aliphatic heterocycles. The van der Waals surface area contributed by atoms with Crippen molar-refractivity contribution in [3.63, 3.8) is 0 Å². The highest BCUT2D eigenvalue weighted by molar-refractivity contribution is 5.84. The average Bonchev–Trinajstić information content (AvgIpc) is 2.62. The largest absolute Gasteiger partial charge is 0.480 e. The molecule has 7 heteroatoms. The van der Waals surface area contributed by atoms with Gasteiger partial charge in [-0.2, -0.15) is 0 Å². The number of carbonyl (C=O) groups is 2. The van der Waals surface area contributed by atoms with Crippen molar-refractivity contribution in [3.8, 4) is 0 Å². The summed E-state index contributed by atoms with van der Waals surface area (Å²) in [4.78, 5) is 27.6. The van der Waals surface area contributed by atoms with Crippen LogP contribution in [0, 0.1) is 5.92 Å². The second-order valence-corrected chi connectivity index (χ2v) is 7.22. The van der Waals surface area contributed by atoms with Crippen LogP contribution < -0.4 is 16.8 Å². The van der Waals surface area contributed by atoms with Gasteiger partial charge in [0.1, 0.15) is 6.04 Å². The maximum atomic E-state index is 12.4. The summed E-state index contributed by atoms with van der Waals surface area (Å²) in [6.07, 6.45) is 12.2. The van der Waals surface area contributed by atoms with Crippen molar-refractivity contribution in [2.75, 3.05) is 6.54 Å². The third kappa shape index (κ3) is 14.0. The lowest BCUT2D eigenvalue weighted by Crippen LogP contribution is -2.43. The Morgan fingerprint density at radius 3 is 2.04 bits per heavy atom. The first-order chi connectivity index (χ1) is 12.9. The molecule has 0 heterocycles. The summed E-state index contributed by atoms with van der Waals surface area (Å²) in [5.74, 6) is -1.31. The van der Waals surface area contributed by atoms with E-state index in [9.17, 15) is 14.7 Å². The minimum absolute atomic E-state index is 0.0117. The van der Waals surface area contributed by atoms with Crippen molar-refractivity contribution in [1.29, 1.82) is 0 Å². The Bertz CT molecular complexity index is 437. The number of guanidine groups is 1. The van der Waals surface area contributed by atoms with Gasteiger partial charge in [0.25, 0.3) is 0 Å². The maximum Gasteiger partial charge on any atom is 0.326 e. The van der Waals surface area contributed by atoms with Gasteiger partial charge in [0.05, 0.1) is 0 Å². The topological polar surface area (TPSA) is 131 Å². The number of carboxylic acids is 1. The molecule has 0 saturated heterocycles. The van der Waals surface area contributed by atoms with E-state index in [0.29, 0.717) is 19.4 Å². The Hall–Kier alpha value is -1.79. The minimum Gasteiger partial charge on any atom is -0.480 e. The van der Waals surface area contributed by atoms with E-state index in [0.717, 1.165) is 25.7 Å². The van der Waals surface area contributed by atoms with Crippen LogP contribution in [0.5, 0.6) is 0 Å². The molecule has 0 aromatic heterocycles. The standard InChI is InChI=1S/C20H40N4O3/c1-3-5-6-7-8-9-10-11-13-16(4-2)18(25)24-17(19(26)27)14-12-15-23-20(21)22/h16-17H,3-15H2,1-2H3,(H,24,25)(H,26,27)(H4,21,22,23)/t16?,17-/m0/s1. The molecular formula is C20H40N4O3. The van der Waals surface area contributed by atoms with E-state index in [2.05, 4.69) is 17.2 Å². The van der Waals surface area contributed by atoms with E-state index in [4.69, 9.17) is 11.5 Å². The van der Waals surface area contributed by atoms with Gasteiger partial charge < -0.3 is 21.9 Å². The molecule has 0 spiro atoms. The fraction of sp³-hybridized carbons (Fsp3) is 0.850. The van der Waals surface area contributed by atoms with E-state index in [1.165, 1.54) is 38.5 Å². The van der Waals surface area contributed by atoms with Crippen LogP contribution in [0.1, 0.15) is 90.9 Å². The molecule has 0 radical (unpaired) electrons. The van der Waals surface area contributed by atoms with Crippen LogP contribution in [0.2, 0.25) is 0 Å². The smallest absolute Gasteiger partial charge is 0.326 e. The summed E-state index contributed by atoms with van der Waals surface area (Å²) in [6.45, 7) is 4.55. The van der Waals surface area contributed by atoms with Gasteiger partial charge in [0.2, 0.25) is 5.91 Å². The number of amides is 1. The third-order valence-corrected chi connectivity index (χ3v) is 4.83. The van der Waals surface area contributed by atoms with Crippen molar-refractivity contribution < 1.29 is 14.7 Å². The van der Waals surface area contributed by atoms with E-state index in [1.807, 2.05) is 6.92 Å². The molecule has 0 rings (SSSR count). The average molecular weight is 385 g/mol. The van der Waals surface area contributed by atoms with Crippen molar-refractivity contribution in [3.05, 3.63) is 0 Å². The first-order valence-electron chi connectivity index (χ1n) is 10.5. The molecule has 0 saturated carbocycles. The van der Waals surface area contributed by atoms with Gasteiger partial charge in [-0.15, -0.1) is 0 Å². The number of carbonyl (C=O) groups excluding carboxylic acids is 1. The number of hydrogen-bond donors (Lipinski definition) is 4. The molecule has 0 aliphatic rings. The van der Waals surface area contributed by atoms with E-state index >= 15 is 0 Å². The van der Waals surface area contributed by atoms with Gasteiger partial charge in [0.15, 0.2) is 5.96 Å². The van der Waals surface area contributed by atoms with Crippen molar-refractivity contribution in [2.24, 2.45) is 22.4 Å². The van der Waals surface area contributed by atoms with Gasteiger partial charge in [-0.3, -0.25) is 9.79 Å². The number of hydrogen-bond acceptors (Lipinski definition) is 3. The SMILES string of the molecule is CCCCCCCCCCC(CC)C(=O)N[C@@H](CCCN=C(N)N)C(=O)O. The van der Waals surface area contributed by atoms with Crippen molar-refractivity contribution in [1.82, 2.24) is 5.32 Å². The zero-order valence-electron chi connectivity index (χ0n) is 17.2. The molecule has 0 aromatic carbocycles. The number of nitrogens with one attached hydrogen (secondary N) is 1. The highest BCUT2D eigenvalue weighted by Crippen LogP contribution is 2.16. The molecule has 1 unspecified atom stereocenters. The normalized spacial score (nSPS) is 13.0. The molecule has 158 valence electrons. The number of nitrogens with zero attached hydrogens (tertiary/aromatic N) is 1. The lowest BCUT2D eigenvalue weighted by Gasteiger charge is -2.19. The molecule has 0 aliphatic carbocycles. The first kappa shape index (κ1) is 25.2. The molecule has 27 heavy (non-hydrogen) atoms. The van der Waals surface area contributed by atoms with E-state index in [1.54, 1.807) is 0 Å². The summed E-state index contributed by atoms with van der Waals surface area (Å²) in [6, 6.07) is -0.890. The minimum atomic E-state index is -1.02. The summed E-state index contributed by atoms with van der Waals surface area (Å²) in [5.41, 5.74) is 10.5. The zero-order chi connectivity index (χ0) is 20.5. The number of unbranched alkanes of at least 4 members (excludes halogenated alkanes) is 7. The van der Waals surface area contributed by atoms with Crippen LogP contribution in [0.25, 0.3) is 0 Å². The summed E-state index contributed by atoms with van der Waals surface area (Å²) >= 11 is 0. The van der Waals surface area contributed by atoms with Gasteiger partial charge in [0, 0.05) is 12.5 Å². The highest BCUT2D eigenvalue weighted by atomic mass is 16.4. The third-order valence-electron chi connectivity index (χ3n) is 4.83. The van der Waals surface area contributed by atoms with Crippen LogP contribution in [-0.4, -0.2) is 35.5 Å². The van der Waals surface area contributed by atoms with Gasteiger partial charge in [-0.25, -0.2) is 4.79 Å². The van der Waals surface area contributed by atoms with Crippen molar-refractivity contribution in [2.45, 2.75) is 96.9 Å².